The van der Waals surface area contributed by atoms with Gasteiger partial charge >= 0.3 is 0 Å². The molecule has 0 unspecified atom stereocenters. The minimum atomic E-state index is -0.129. The second-order valence-electron chi connectivity index (χ2n) is 4.91. The Labute approximate surface area is 99.1 Å². The van der Waals surface area contributed by atoms with Crippen LogP contribution in [0.1, 0.15) is 46.6 Å². The highest BCUT2D eigenvalue weighted by Crippen LogP contribution is 2.23. The van der Waals surface area contributed by atoms with Crippen LogP contribution in [0.15, 0.2) is 30.3 Å². The Balaban J connectivity index is 2.83. The van der Waals surface area contributed by atoms with Crippen LogP contribution in [-0.2, 0) is 0 Å². The molecule has 0 N–H and O–H groups in total. The maximum absolute atomic E-state index is 5.78. The van der Waals surface area contributed by atoms with Gasteiger partial charge in [0.25, 0.3) is 0 Å². The third kappa shape index (κ3) is 3.73. The number of hydrogen-bond acceptors (Lipinski definition) is 1. The van der Waals surface area contributed by atoms with Crippen molar-refractivity contribution in [2.45, 2.75) is 46.6 Å². The van der Waals surface area contributed by atoms with Crippen LogP contribution in [0.2, 0.25) is 0 Å². The van der Waals surface area contributed by atoms with Gasteiger partial charge in [0.1, 0.15) is 11.4 Å². The lowest BCUT2D eigenvalue weighted by atomic mass is 10.0. The van der Waals surface area contributed by atoms with Crippen LogP contribution in [0, 0.1) is 0 Å². The van der Waals surface area contributed by atoms with Gasteiger partial charge in [-0.15, -0.1) is 0 Å². The average Bonchev–Trinajstić information content (AvgIpc) is 2.20. The zero-order valence-electron chi connectivity index (χ0n) is 11.0. The van der Waals surface area contributed by atoms with Crippen molar-refractivity contribution in [2.24, 2.45) is 0 Å². The Hall–Kier alpha value is -1.24. The van der Waals surface area contributed by atoms with E-state index in [1.54, 1.807) is 0 Å². The summed E-state index contributed by atoms with van der Waals surface area (Å²) in [4.78, 5) is 0. The van der Waals surface area contributed by atoms with Crippen LogP contribution in [0.4, 0.5) is 0 Å². The SMILES string of the molecule is CC=C(CC)c1ccc(OC(C)(C)C)cc1. The van der Waals surface area contributed by atoms with E-state index in [1.807, 2.05) is 12.1 Å². The summed E-state index contributed by atoms with van der Waals surface area (Å²) in [5, 5.41) is 0. The zero-order chi connectivity index (χ0) is 12.2. The second kappa shape index (κ2) is 5.20. The van der Waals surface area contributed by atoms with E-state index in [0.29, 0.717) is 0 Å². The molecule has 0 aliphatic rings. The smallest absolute Gasteiger partial charge is 0.120 e. The predicted molar refractivity (Wildman–Crippen MR) is 70.8 cm³/mol. The molecule has 1 aromatic carbocycles. The Kier molecular flexibility index (Phi) is 4.17. The third-order valence-corrected chi connectivity index (χ3v) is 2.38. The fraction of sp³-hybridized carbons (Fsp3) is 0.467. The molecule has 1 heteroatoms. The molecule has 0 saturated carbocycles. The lowest BCUT2D eigenvalue weighted by Gasteiger charge is -2.21. The maximum Gasteiger partial charge on any atom is 0.120 e. The molecule has 1 rings (SSSR count). The first-order chi connectivity index (χ1) is 7.46. The fourth-order valence-electron chi connectivity index (χ4n) is 1.67. The van der Waals surface area contributed by atoms with Crippen molar-refractivity contribution in [3.8, 4) is 5.75 Å². The molecule has 16 heavy (non-hydrogen) atoms. The molecule has 1 aromatic rings. The maximum atomic E-state index is 5.78. The molecule has 0 aliphatic carbocycles. The van der Waals surface area contributed by atoms with E-state index >= 15 is 0 Å². The second-order valence-corrected chi connectivity index (χ2v) is 4.91. The topological polar surface area (TPSA) is 9.23 Å². The number of hydrogen-bond donors (Lipinski definition) is 0. The number of ether oxygens (including phenoxy) is 1. The Bertz CT molecular complexity index is 352. The van der Waals surface area contributed by atoms with Gasteiger partial charge in [0.2, 0.25) is 0 Å². The quantitative estimate of drug-likeness (QED) is 0.716. The van der Waals surface area contributed by atoms with Gasteiger partial charge in [-0.1, -0.05) is 25.1 Å². The van der Waals surface area contributed by atoms with E-state index in [9.17, 15) is 0 Å². The van der Waals surface area contributed by atoms with Crippen molar-refractivity contribution in [1.82, 2.24) is 0 Å². The van der Waals surface area contributed by atoms with Crippen LogP contribution in [-0.4, -0.2) is 5.60 Å². The molecule has 0 heterocycles. The molecule has 0 aromatic heterocycles. The van der Waals surface area contributed by atoms with Crippen LogP contribution in [0.5, 0.6) is 5.75 Å². The minimum absolute atomic E-state index is 0.129. The highest BCUT2D eigenvalue weighted by atomic mass is 16.5. The van der Waals surface area contributed by atoms with Crippen LogP contribution >= 0.6 is 0 Å². The van der Waals surface area contributed by atoms with E-state index in [1.165, 1.54) is 11.1 Å². The molecule has 88 valence electrons. The van der Waals surface area contributed by atoms with Crippen LogP contribution < -0.4 is 4.74 Å². The molecular formula is C15H22O. The predicted octanol–water partition coefficient (Wildman–Crippen LogP) is 4.68. The molecule has 0 saturated heterocycles. The standard InChI is InChI=1S/C15H22O/c1-6-12(7-2)13-8-10-14(11-9-13)16-15(3,4)5/h6,8-11H,7H2,1-5H3. The summed E-state index contributed by atoms with van der Waals surface area (Å²) < 4.78 is 5.78. The Morgan fingerprint density at radius 2 is 1.75 bits per heavy atom. The molecular weight excluding hydrogens is 196 g/mol. The molecule has 0 fully saturated rings. The van der Waals surface area contributed by atoms with Crippen molar-refractivity contribution in [2.75, 3.05) is 0 Å². The molecule has 0 spiro atoms. The lowest BCUT2D eigenvalue weighted by molar-refractivity contribution is 0.131. The van der Waals surface area contributed by atoms with Gasteiger partial charge in [0.15, 0.2) is 0 Å². The van der Waals surface area contributed by atoms with E-state index in [0.717, 1.165) is 12.2 Å². The van der Waals surface area contributed by atoms with E-state index in [4.69, 9.17) is 4.74 Å². The van der Waals surface area contributed by atoms with Crippen molar-refractivity contribution in [3.05, 3.63) is 35.9 Å². The van der Waals surface area contributed by atoms with Crippen molar-refractivity contribution < 1.29 is 4.74 Å². The summed E-state index contributed by atoms with van der Waals surface area (Å²) in [6, 6.07) is 8.33. The number of rotatable bonds is 3. The zero-order valence-corrected chi connectivity index (χ0v) is 11.0. The molecule has 0 radical (unpaired) electrons. The summed E-state index contributed by atoms with van der Waals surface area (Å²) in [7, 11) is 0. The minimum Gasteiger partial charge on any atom is -0.488 e. The van der Waals surface area contributed by atoms with Gasteiger partial charge in [-0.25, -0.2) is 0 Å². The normalized spacial score (nSPS) is 12.7. The number of benzene rings is 1. The van der Waals surface area contributed by atoms with Crippen molar-refractivity contribution in [1.29, 1.82) is 0 Å². The molecule has 0 atom stereocenters. The van der Waals surface area contributed by atoms with Crippen molar-refractivity contribution >= 4 is 5.57 Å². The van der Waals surface area contributed by atoms with Crippen LogP contribution in [0.3, 0.4) is 0 Å². The van der Waals surface area contributed by atoms with Gasteiger partial charge in [-0.05, 0) is 57.4 Å². The summed E-state index contributed by atoms with van der Waals surface area (Å²) in [5.41, 5.74) is 2.53. The average molecular weight is 218 g/mol. The molecule has 0 aliphatic heterocycles. The number of allylic oxidation sites excluding steroid dienone is 2. The van der Waals surface area contributed by atoms with E-state index in [2.05, 4.69) is 52.8 Å². The lowest BCUT2D eigenvalue weighted by Crippen LogP contribution is -2.22. The molecule has 1 nitrogen and oxygen atoms in total. The van der Waals surface area contributed by atoms with Crippen LogP contribution in [0.25, 0.3) is 5.57 Å². The highest BCUT2D eigenvalue weighted by Gasteiger charge is 2.11. The van der Waals surface area contributed by atoms with E-state index in [-0.39, 0.29) is 5.60 Å². The Morgan fingerprint density at radius 1 is 1.19 bits per heavy atom. The Morgan fingerprint density at radius 3 is 2.12 bits per heavy atom. The van der Waals surface area contributed by atoms with Gasteiger partial charge in [0.05, 0.1) is 0 Å². The van der Waals surface area contributed by atoms with Gasteiger partial charge in [-0.3, -0.25) is 0 Å². The largest absolute Gasteiger partial charge is 0.488 e. The van der Waals surface area contributed by atoms with Gasteiger partial charge < -0.3 is 4.74 Å². The molecule has 0 amide bonds. The summed E-state index contributed by atoms with van der Waals surface area (Å²) in [6.07, 6.45) is 3.23. The first kappa shape index (κ1) is 12.8. The third-order valence-electron chi connectivity index (χ3n) is 2.38. The van der Waals surface area contributed by atoms with E-state index < -0.39 is 0 Å². The summed E-state index contributed by atoms with van der Waals surface area (Å²) >= 11 is 0. The van der Waals surface area contributed by atoms with Gasteiger partial charge in [0, 0.05) is 0 Å². The first-order valence-corrected chi connectivity index (χ1v) is 5.91. The molecule has 0 bridgehead atoms. The summed E-state index contributed by atoms with van der Waals surface area (Å²) in [6.45, 7) is 10.4. The fourth-order valence-corrected chi connectivity index (χ4v) is 1.67. The first-order valence-electron chi connectivity index (χ1n) is 5.91. The van der Waals surface area contributed by atoms with Crippen molar-refractivity contribution in [3.63, 3.8) is 0 Å². The van der Waals surface area contributed by atoms with Gasteiger partial charge in [-0.2, -0.15) is 0 Å². The summed E-state index contributed by atoms with van der Waals surface area (Å²) in [5.74, 6) is 0.933. The highest BCUT2D eigenvalue weighted by molar-refractivity contribution is 5.65. The monoisotopic (exact) mass is 218 g/mol.